The fourth-order valence-corrected chi connectivity index (χ4v) is 1.07. The number of amides is 1. The minimum atomic E-state index is -0.0660. The Morgan fingerprint density at radius 1 is 1.50 bits per heavy atom. The molecule has 0 aliphatic carbocycles. The van der Waals surface area contributed by atoms with Crippen molar-refractivity contribution in [3.05, 3.63) is 35.4 Å². The molecule has 0 atom stereocenters. The third kappa shape index (κ3) is 2.58. The molecule has 0 spiro atoms. The Kier molecular flexibility index (Phi) is 3.67. The number of carbonyl (C=O) groups is 1. The molecule has 3 N–H and O–H groups in total. The first kappa shape index (κ1) is 10.2. The van der Waals surface area contributed by atoms with Gasteiger partial charge in [-0.1, -0.05) is 12.1 Å². The van der Waals surface area contributed by atoms with E-state index in [0.29, 0.717) is 12.1 Å². The zero-order valence-electron chi connectivity index (χ0n) is 8.03. The highest BCUT2D eigenvalue weighted by molar-refractivity contribution is 5.94. The van der Waals surface area contributed by atoms with Crippen molar-refractivity contribution in [3.8, 4) is 0 Å². The van der Waals surface area contributed by atoms with Crippen LogP contribution >= 0.6 is 0 Å². The van der Waals surface area contributed by atoms with Gasteiger partial charge < -0.3 is 11.2 Å². The Balaban J connectivity index is 2.77. The fraction of sp³-hybridized carbons (Fsp3) is 0.200. The van der Waals surface area contributed by atoms with Crippen molar-refractivity contribution in [3.63, 3.8) is 0 Å². The second kappa shape index (κ2) is 5.01. The number of nitrogens with two attached hydrogens (primary N) is 1. The van der Waals surface area contributed by atoms with Gasteiger partial charge in [0.2, 0.25) is 0 Å². The molecule has 1 amide bonds. The lowest BCUT2D eigenvalue weighted by atomic mass is 10.1. The van der Waals surface area contributed by atoms with E-state index in [1.807, 2.05) is 6.92 Å². The first-order valence-electron chi connectivity index (χ1n) is 4.39. The lowest BCUT2D eigenvalue weighted by Crippen LogP contribution is -2.22. The molecule has 0 aliphatic rings. The summed E-state index contributed by atoms with van der Waals surface area (Å²) in [5.41, 5.74) is 1.52. The summed E-state index contributed by atoms with van der Waals surface area (Å²) >= 11 is 0. The predicted molar refractivity (Wildman–Crippen MR) is 56.2 cm³/mol. The van der Waals surface area contributed by atoms with Crippen LogP contribution in [0.1, 0.15) is 22.8 Å². The topological polar surface area (TPSA) is 67.5 Å². The summed E-state index contributed by atoms with van der Waals surface area (Å²) in [7, 11) is 0. The van der Waals surface area contributed by atoms with Crippen LogP contribution < -0.4 is 11.2 Å². The van der Waals surface area contributed by atoms with Crippen molar-refractivity contribution < 1.29 is 4.79 Å². The van der Waals surface area contributed by atoms with Crippen LogP contribution in [0, 0.1) is 0 Å². The largest absolute Gasteiger partial charge is 0.352 e. The summed E-state index contributed by atoms with van der Waals surface area (Å²) in [5.74, 6) is 4.93. The molecular weight excluding hydrogens is 178 g/mol. The SMILES string of the molecule is CCNC(=O)c1ccc(C=NN)cc1. The van der Waals surface area contributed by atoms with Crippen LogP contribution in [0.25, 0.3) is 0 Å². The summed E-state index contributed by atoms with van der Waals surface area (Å²) < 4.78 is 0. The van der Waals surface area contributed by atoms with Gasteiger partial charge in [0.25, 0.3) is 5.91 Å². The van der Waals surface area contributed by atoms with Gasteiger partial charge in [-0.05, 0) is 24.6 Å². The Bertz CT molecular complexity index is 330. The molecule has 4 heteroatoms. The molecule has 0 fully saturated rings. The molecule has 74 valence electrons. The molecule has 0 unspecified atom stereocenters. The number of hydrazone groups is 1. The lowest BCUT2D eigenvalue weighted by Gasteiger charge is -2.01. The zero-order valence-corrected chi connectivity index (χ0v) is 8.03. The van der Waals surface area contributed by atoms with E-state index in [2.05, 4.69) is 10.4 Å². The van der Waals surface area contributed by atoms with Crippen LogP contribution in [-0.4, -0.2) is 18.7 Å². The summed E-state index contributed by atoms with van der Waals surface area (Å²) in [6.45, 7) is 2.51. The standard InChI is InChI=1S/C10H13N3O/c1-2-12-10(14)9-5-3-8(4-6-9)7-13-11/h3-7H,2,11H2,1H3,(H,12,14). The second-order valence-corrected chi connectivity index (χ2v) is 2.76. The van der Waals surface area contributed by atoms with Gasteiger partial charge in [0.05, 0.1) is 6.21 Å². The van der Waals surface area contributed by atoms with E-state index in [1.165, 1.54) is 6.21 Å². The molecule has 14 heavy (non-hydrogen) atoms. The normalized spacial score (nSPS) is 10.4. The van der Waals surface area contributed by atoms with E-state index in [1.54, 1.807) is 24.3 Å². The minimum Gasteiger partial charge on any atom is -0.352 e. The predicted octanol–water partition coefficient (Wildman–Crippen LogP) is 0.729. The van der Waals surface area contributed by atoms with Gasteiger partial charge in [-0.3, -0.25) is 4.79 Å². The van der Waals surface area contributed by atoms with Gasteiger partial charge in [0, 0.05) is 12.1 Å². The first-order valence-corrected chi connectivity index (χ1v) is 4.39. The third-order valence-electron chi connectivity index (χ3n) is 1.73. The van der Waals surface area contributed by atoms with Crippen molar-refractivity contribution in [2.24, 2.45) is 10.9 Å². The van der Waals surface area contributed by atoms with Crippen LogP contribution in [-0.2, 0) is 0 Å². The second-order valence-electron chi connectivity index (χ2n) is 2.76. The first-order chi connectivity index (χ1) is 6.77. The molecule has 4 nitrogen and oxygen atoms in total. The van der Waals surface area contributed by atoms with E-state index in [0.717, 1.165) is 5.56 Å². The van der Waals surface area contributed by atoms with Crippen LogP contribution in [0.5, 0.6) is 0 Å². The summed E-state index contributed by atoms with van der Waals surface area (Å²) in [6.07, 6.45) is 1.53. The van der Waals surface area contributed by atoms with Crippen LogP contribution in [0.2, 0.25) is 0 Å². The molecule has 0 bridgehead atoms. The van der Waals surface area contributed by atoms with Gasteiger partial charge in [-0.2, -0.15) is 5.10 Å². The maximum absolute atomic E-state index is 11.3. The molecule has 0 radical (unpaired) electrons. The highest BCUT2D eigenvalue weighted by atomic mass is 16.1. The Morgan fingerprint density at radius 3 is 2.64 bits per heavy atom. The number of benzene rings is 1. The molecule has 0 saturated carbocycles. The van der Waals surface area contributed by atoms with Crippen molar-refractivity contribution in [2.75, 3.05) is 6.54 Å². The van der Waals surface area contributed by atoms with Gasteiger partial charge in [-0.25, -0.2) is 0 Å². The summed E-state index contributed by atoms with van der Waals surface area (Å²) in [4.78, 5) is 11.3. The van der Waals surface area contributed by atoms with E-state index in [-0.39, 0.29) is 5.91 Å². The number of nitrogens with one attached hydrogen (secondary N) is 1. The van der Waals surface area contributed by atoms with E-state index in [4.69, 9.17) is 5.84 Å². The summed E-state index contributed by atoms with van der Waals surface area (Å²) in [5, 5.41) is 6.11. The molecule has 0 saturated heterocycles. The molecule has 1 aromatic carbocycles. The zero-order chi connectivity index (χ0) is 10.4. The van der Waals surface area contributed by atoms with Crippen molar-refractivity contribution in [2.45, 2.75) is 6.92 Å². The number of hydrogen-bond donors (Lipinski definition) is 2. The number of carbonyl (C=O) groups excluding carboxylic acids is 1. The van der Waals surface area contributed by atoms with Gasteiger partial charge in [0.1, 0.15) is 0 Å². The number of hydrogen-bond acceptors (Lipinski definition) is 3. The minimum absolute atomic E-state index is 0.0660. The van der Waals surface area contributed by atoms with Crippen LogP contribution in [0.3, 0.4) is 0 Å². The average Bonchev–Trinajstić information content (AvgIpc) is 2.20. The van der Waals surface area contributed by atoms with Gasteiger partial charge >= 0.3 is 0 Å². The third-order valence-corrected chi connectivity index (χ3v) is 1.73. The quantitative estimate of drug-likeness (QED) is 0.420. The highest BCUT2D eigenvalue weighted by Crippen LogP contribution is 2.02. The van der Waals surface area contributed by atoms with E-state index in [9.17, 15) is 4.79 Å². The molecule has 0 heterocycles. The molecule has 0 aromatic heterocycles. The Hall–Kier alpha value is -1.84. The molecule has 0 aliphatic heterocycles. The van der Waals surface area contributed by atoms with Crippen LogP contribution in [0.4, 0.5) is 0 Å². The van der Waals surface area contributed by atoms with Gasteiger partial charge in [0.15, 0.2) is 0 Å². The maximum Gasteiger partial charge on any atom is 0.251 e. The number of rotatable bonds is 3. The molecular formula is C10H13N3O. The monoisotopic (exact) mass is 191 g/mol. The Morgan fingerprint density at radius 2 is 2.14 bits per heavy atom. The lowest BCUT2D eigenvalue weighted by molar-refractivity contribution is 0.0956. The highest BCUT2D eigenvalue weighted by Gasteiger charge is 2.01. The van der Waals surface area contributed by atoms with E-state index < -0.39 is 0 Å². The van der Waals surface area contributed by atoms with E-state index >= 15 is 0 Å². The molecule has 1 aromatic rings. The number of nitrogens with zero attached hydrogens (tertiary/aromatic N) is 1. The maximum atomic E-state index is 11.3. The summed E-state index contributed by atoms with van der Waals surface area (Å²) in [6, 6.07) is 7.06. The van der Waals surface area contributed by atoms with Crippen molar-refractivity contribution in [1.29, 1.82) is 0 Å². The van der Waals surface area contributed by atoms with Crippen LogP contribution in [0.15, 0.2) is 29.4 Å². The Labute approximate surface area is 82.8 Å². The smallest absolute Gasteiger partial charge is 0.251 e. The average molecular weight is 191 g/mol. The molecule has 1 rings (SSSR count). The van der Waals surface area contributed by atoms with Crippen molar-refractivity contribution in [1.82, 2.24) is 5.32 Å². The van der Waals surface area contributed by atoms with Gasteiger partial charge in [-0.15, -0.1) is 0 Å². The van der Waals surface area contributed by atoms with Crippen molar-refractivity contribution >= 4 is 12.1 Å². The fourth-order valence-electron chi connectivity index (χ4n) is 1.07.